The quantitative estimate of drug-likeness (QED) is 0.743. The van der Waals surface area contributed by atoms with Crippen LogP contribution in [0.15, 0.2) is 11.4 Å². The second-order valence-electron chi connectivity index (χ2n) is 3.92. The van der Waals surface area contributed by atoms with Crippen molar-refractivity contribution >= 4 is 28.8 Å². The number of hydrogen-bond acceptors (Lipinski definition) is 2. The van der Waals surface area contributed by atoms with Gasteiger partial charge in [-0.25, -0.2) is 0 Å². The largest absolute Gasteiger partial charge is 0.341 e. The van der Waals surface area contributed by atoms with Crippen LogP contribution >= 0.6 is 22.9 Å². The highest BCUT2D eigenvalue weighted by molar-refractivity contribution is 7.12. The first-order chi connectivity index (χ1) is 7.56. The summed E-state index contributed by atoms with van der Waals surface area (Å²) < 4.78 is 0. The highest BCUT2D eigenvalue weighted by Crippen LogP contribution is 2.19. The second-order valence-corrected chi connectivity index (χ2v) is 5.59. The van der Waals surface area contributed by atoms with Gasteiger partial charge in [0, 0.05) is 19.0 Å². The monoisotopic (exact) mass is 259 g/mol. The SMILES string of the molecule is CCc1ccsc1C(=O)N(C)CCC(C)Cl. The van der Waals surface area contributed by atoms with Gasteiger partial charge in [-0.05, 0) is 36.8 Å². The summed E-state index contributed by atoms with van der Waals surface area (Å²) in [4.78, 5) is 14.7. The fourth-order valence-electron chi connectivity index (χ4n) is 1.45. The fraction of sp³-hybridized carbons (Fsp3) is 0.583. The van der Waals surface area contributed by atoms with Gasteiger partial charge in [-0.2, -0.15) is 0 Å². The fourth-order valence-corrected chi connectivity index (χ4v) is 2.53. The Hall–Kier alpha value is -0.540. The van der Waals surface area contributed by atoms with E-state index in [1.54, 1.807) is 4.90 Å². The predicted octanol–water partition coefficient (Wildman–Crippen LogP) is 3.40. The van der Waals surface area contributed by atoms with Gasteiger partial charge >= 0.3 is 0 Å². The minimum Gasteiger partial charge on any atom is -0.341 e. The van der Waals surface area contributed by atoms with Gasteiger partial charge in [0.25, 0.3) is 5.91 Å². The number of carbonyl (C=O) groups is 1. The second kappa shape index (κ2) is 6.26. The molecule has 1 atom stereocenters. The van der Waals surface area contributed by atoms with E-state index in [1.807, 2.05) is 25.4 Å². The van der Waals surface area contributed by atoms with Gasteiger partial charge < -0.3 is 4.90 Å². The third-order valence-corrected chi connectivity index (χ3v) is 3.69. The zero-order chi connectivity index (χ0) is 12.1. The van der Waals surface area contributed by atoms with Crippen LogP contribution in [-0.2, 0) is 6.42 Å². The van der Waals surface area contributed by atoms with Gasteiger partial charge in [0.15, 0.2) is 0 Å². The van der Waals surface area contributed by atoms with Crippen LogP contribution < -0.4 is 0 Å². The van der Waals surface area contributed by atoms with Gasteiger partial charge in [-0.15, -0.1) is 22.9 Å². The number of nitrogens with zero attached hydrogens (tertiary/aromatic N) is 1. The summed E-state index contributed by atoms with van der Waals surface area (Å²) in [7, 11) is 1.83. The molecule has 0 aliphatic carbocycles. The molecule has 0 aromatic carbocycles. The lowest BCUT2D eigenvalue weighted by Gasteiger charge is -2.17. The topological polar surface area (TPSA) is 20.3 Å². The first-order valence-corrected chi connectivity index (χ1v) is 6.83. The summed E-state index contributed by atoms with van der Waals surface area (Å²) in [6, 6.07) is 2.02. The Morgan fingerprint density at radius 1 is 1.62 bits per heavy atom. The number of thiophene rings is 1. The molecule has 0 aliphatic heterocycles. The first-order valence-electron chi connectivity index (χ1n) is 5.52. The van der Waals surface area contributed by atoms with Crippen LogP contribution in [0.3, 0.4) is 0 Å². The van der Waals surface area contributed by atoms with Crippen LogP contribution in [0.1, 0.15) is 35.5 Å². The maximum absolute atomic E-state index is 12.1. The van der Waals surface area contributed by atoms with Crippen LogP contribution in [0.5, 0.6) is 0 Å². The molecule has 0 spiro atoms. The van der Waals surface area contributed by atoms with Crippen molar-refractivity contribution in [1.29, 1.82) is 0 Å². The van der Waals surface area contributed by atoms with Gasteiger partial charge in [-0.3, -0.25) is 4.79 Å². The van der Waals surface area contributed by atoms with Gasteiger partial charge in [0.1, 0.15) is 0 Å². The zero-order valence-electron chi connectivity index (χ0n) is 10.00. The van der Waals surface area contributed by atoms with Gasteiger partial charge in [-0.1, -0.05) is 6.92 Å². The third kappa shape index (κ3) is 3.49. The number of hydrogen-bond donors (Lipinski definition) is 0. The van der Waals surface area contributed by atoms with E-state index in [1.165, 1.54) is 11.3 Å². The molecule has 90 valence electrons. The summed E-state index contributed by atoms with van der Waals surface area (Å²) >= 11 is 7.40. The van der Waals surface area contributed by atoms with E-state index < -0.39 is 0 Å². The lowest BCUT2D eigenvalue weighted by Crippen LogP contribution is -2.28. The van der Waals surface area contributed by atoms with Crippen molar-refractivity contribution in [3.63, 3.8) is 0 Å². The smallest absolute Gasteiger partial charge is 0.263 e. The molecule has 16 heavy (non-hydrogen) atoms. The van der Waals surface area contributed by atoms with Crippen molar-refractivity contribution in [3.05, 3.63) is 21.9 Å². The Morgan fingerprint density at radius 3 is 2.88 bits per heavy atom. The van der Waals surface area contributed by atoms with Crippen LogP contribution in [-0.4, -0.2) is 29.8 Å². The zero-order valence-corrected chi connectivity index (χ0v) is 11.6. The Balaban J connectivity index is 2.63. The van der Waals surface area contributed by atoms with Crippen molar-refractivity contribution in [1.82, 2.24) is 4.90 Å². The molecule has 1 amide bonds. The number of halogens is 1. The molecule has 1 aromatic rings. The molecule has 0 N–H and O–H groups in total. The normalized spacial score (nSPS) is 12.5. The number of carbonyl (C=O) groups excluding carboxylic acids is 1. The standard InChI is InChI=1S/C12H18ClNOS/c1-4-10-6-8-16-11(10)12(15)14(3)7-5-9(2)13/h6,8-9H,4-5,7H2,1-3H3. The van der Waals surface area contributed by atoms with Crippen molar-refractivity contribution < 1.29 is 4.79 Å². The summed E-state index contributed by atoms with van der Waals surface area (Å²) in [5, 5.41) is 2.09. The van der Waals surface area contributed by atoms with E-state index in [2.05, 4.69) is 6.92 Å². The number of aryl methyl sites for hydroxylation is 1. The molecule has 0 radical (unpaired) electrons. The molecule has 1 rings (SSSR count). The van der Waals surface area contributed by atoms with Crippen LogP contribution in [0, 0.1) is 0 Å². The molecular formula is C12H18ClNOS. The molecule has 0 saturated carbocycles. The van der Waals surface area contributed by atoms with Gasteiger partial charge in [0.05, 0.1) is 4.88 Å². The van der Waals surface area contributed by atoms with E-state index in [0.29, 0.717) is 6.54 Å². The maximum atomic E-state index is 12.1. The molecular weight excluding hydrogens is 242 g/mol. The lowest BCUT2D eigenvalue weighted by molar-refractivity contribution is 0.0797. The highest BCUT2D eigenvalue weighted by atomic mass is 35.5. The lowest BCUT2D eigenvalue weighted by atomic mass is 10.2. The average molecular weight is 260 g/mol. The maximum Gasteiger partial charge on any atom is 0.263 e. The minimum absolute atomic E-state index is 0.115. The molecule has 1 heterocycles. The van der Waals surface area contributed by atoms with Crippen LogP contribution in [0.4, 0.5) is 0 Å². The first kappa shape index (κ1) is 13.5. The third-order valence-electron chi connectivity index (χ3n) is 2.53. The Kier molecular flexibility index (Phi) is 5.29. The molecule has 0 saturated heterocycles. The number of rotatable bonds is 5. The van der Waals surface area contributed by atoms with E-state index in [9.17, 15) is 4.79 Å². The predicted molar refractivity (Wildman–Crippen MR) is 70.6 cm³/mol. The number of alkyl halides is 1. The summed E-state index contributed by atoms with van der Waals surface area (Å²) in [5.41, 5.74) is 1.14. The van der Waals surface area contributed by atoms with E-state index >= 15 is 0 Å². The van der Waals surface area contributed by atoms with Gasteiger partial charge in [0.2, 0.25) is 0 Å². The van der Waals surface area contributed by atoms with Crippen molar-refractivity contribution in [2.24, 2.45) is 0 Å². The Morgan fingerprint density at radius 2 is 2.31 bits per heavy atom. The molecule has 4 heteroatoms. The molecule has 0 aliphatic rings. The van der Waals surface area contributed by atoms with Crippen molar-refractivity contribution in [3.8, 4) is 0 Å². The van der Waals surface area contributed by atoms with Crippen LogP contribution in [0.2, 0.25) is 0 Å². The molecule has 0 bridgehead atoms. The number of amides is 1. The molecule has 1 unspecified atom stereocenters. The van der Waals surface area contributed by atoms with Crippen molar-refractivity contribution in [2.75, 3.05) is 13.6 Å². The van der Waals surface area contributed by atoms with E-state index in [-0.39, 0.29) is 11.3 Å². The summed E-state index contributed by atoms with van der Waals surface area (Å²) in [5.74, 6) is 0.115. The van der Waals surface area contributed by atoms with Crippen molar-refractivity contribution in [2.45, 2.75) is 32.1 Å². The summed E-state index contributed by atoms with van der Waals surface area (Å²) in [6.45, 7) is 4.73. The highest BCUT2D eigenvalue weighted by Gasteiger charge is 2.16. The molecule has 1 aromatic heterocycles. The minimum atomic E-state index is 0.115. The summed E-state index contributed by atoms with van der Waals surface area (Å²) in [6.07, 6.45) is 1.74. The Labute approximate surface area is 106 Å². The molecule has 0 fully saturated rings. The average Bonchev–Trinajstić information content (AvgIpc) is 2.72. The van der Waals surface area contributed by atoms with Crippen LogP contribution in [0.25, 0.3) is 0 Å². The molecule has 2 nitrogen and oxygen atoms in total. The van der Waals surface area contributed by atoms with E-state index in [4.69, 9.17) is 11.6 Å². The van der Waals surface area contributed by atoms with E-state index in [0.717, 1.165) is 23.3 Å². The Bertz CT molecular complexity index is 349.